The molecule has 0 aliphatic carbocycles. The van der Waals surface area contributed by atoms with Gasteiger partial charge in [-0.2, -0.15) is 0 Å². The smallest absolute Gasteiger partial charge is 0.134 e. The fourth-order valence-electron chi connectivity index (χ4n) is 1.34. The number of hydrogen-bond donors (Lipinski definition) is 2. The van der Waals surface area contributed by atoms with E-state index in [1.54, 1.807) is 6.33 Å². The molecule has 1 aromatic rings. The van der Waals surface area contributed by atoms with Gasteiger partial charge < -0.3 is 15.5 Å². The zero-order valence-corrected chi connectivity index (χ0v) is 11.6. The van der Waals surface area contributed by atoms with E-state index in [2.05, 4.69) is 53.4 Å². The summed E-state index contributed by atoms with van der Waals surface area (Å²) in [4.78, 5) is 10.6. The average Bonchev–Trinajstić information content (AvgIpc) is 2.27. The molecule has 1 aromatic heterocycles. The summed E-state index contributed by atoms with van der Waals surface area (Å²) < 4.78 is 0. The fraction of sp³-hybridized carbons (Fsp3) is 0.667. The molecular weight excluding hydrogens is 214 g/mol. The third kappa shape index (κ3) is 3.30. The van der Waals surface area contributed by atoms with E-state index < -0.39 is 0 Å². The molecule has 0 atom stereocenters. The SMILES string of the molecule is CNc1ncnc(NCC(C)(C)N(C)C)c1C. The molecule has 0 unspecified atom stereocenters. The van der Waals surface area contributed by atoms with Crippen LogP contribution in [0.15, 0.2) is 6.33 Å². The highest BCUT2D eigenvalue weighted by molar-refractivity contribution is 5.56. The van der Waals surface area contributed by atoms with Gasteiger partial charge in [-0.15, -0.1) is 0 Å². The molecule has 0 aromatic carbocycles. The third-order valence-corrected chi connectivity index (χ3v) is 3.22. The second-order valence-electron chi connectivity index (χ2n) is 5.01. The van der Waals surface area contributed by atoms with Crippen LogP contribution >= 0.6 is 0 Å². The molecular formula is C12H23N5. The minimum absolute atomic E-state index is 0.0806. The lowest BCUT2D eigenvalue weighted by atomic mass is 10.0. The van der Waals surface area contributed by atoms with Gasteiger partial charge in [-0.3, -0.25) is 0 Å². The van der Waals surface area contributed by atoms with E-state index in [1.807, 2.05) is 14.0 Å². The molecule has 5 heteroatoms. The molecule has 96 valence electrons. The predicted octanol–water partition coefficient (Wildman–Crippen LogP) is 1.58. The molecule has 0 aliphatic rings. The van der Waals surface area contributed by atoms with Crippen LogP contribution in [0.3, 0.4) is 0 Å². The van der Waals surface area contributed by atoms with Gasteiger partial charge in [-0.25, -0.2) is 9.97 Å². The second kappa shape index (κ2) is 5.31. The van der Waals surface area contributed by atoms with Crippen LogP contribution in [0.5, 0.6) is 0 Å². The van der Waals surface area contributed by atoms with Crippen molar-refractivity contribution in [2.75, 3.05) is 38.3 Å². The van der Waals surface area contributed by atoms with Gasteiger partial charge in [0.05, 0.1) is 0 Å². The summed E-state index contributed by atoms with van der Waals surface area (Å²) in [5, 5.41) is 6.43. The summed E-state index contributed by atoms with van der Waals surface area (Å²) in [6.45, 7) is 7.23. The molecule has 1 rings (SSSR count). The first-order chi connectivity index (χ1) is 7.88. The van der Waals surface area contributed by atoms with E-state index in [0.29, 0.717) is 0 Å². The number of hydrogen-bond acceptors (Lipinski definition) is 5. The predicted molar refractivity (Wildman–Crippen MR) is 72.6 cm³/mol. The number of rotatable bonds is 5. The topological polar surface area (TPSA) is 53.1 Å². The van der Waals surface area contributed by atoms with Gasteiger partial charge in [0.2, 0.25) is 0 Å². The van der Waals surface area contributed by atoms with Crippen molar-refractivity contribution in [3.63, 3.8) is 0 Å². The van der Waals surface area contributed by atoms with E-state index >= 15 is 0 Å². The Balaban J connectivity index is 2.76. The van der Waals surface area contributed by atoms with Gasteiger partial charge >= 0.3 is 0 Å². The molecule has 1 heterocycles. The summed E-state index contributed by atoms with van der Waals surface area (Å²) in [6.07, 6.45) is 1.57. The second-order valence-corrected chi connectivity index (χ2v) is 5.01. The van der Waals surface area contributed by atoms with Gasteiger partial charge in [0.1, 0.15) is 18.0 Å². The Morgan fingerprint density at radius 2 is 1.82 bits per heavy atom. The summed E-state index contributed by atoms with van der Waals surface area (Å²) in [7, 11) is 6.02. The molecule has 0 radical (unpaired) electrons. The monoisotopic (exact) mass is 237 g/mol. The number of anilines is 2. The highest BCUT2D eigenvalue weighted by atomic mass is 15.2. The molecule has 0 saturated carbocycles. The van der Waals surface area contributed by atoms with Crippen molar-refractivity contribution in [3.8, 4) is 0 Å². The highest BCUT2D eigenvalue weighted by Gasteiger charge is 2.20. The highest BCUT2D eigenvalue weighted by Crippen LogP contribution is 2.19. The van der Waals surface area contributed by atoms with Gasteiger partial charge in [0, 0.05) is 24.7 Å². The lowest BCUT2D eigenvalue weighted by Crippen LogP contribution is -2.44. The Hall–Kier alpha value is -1.36. The van der Waals surface area contributed by atoms with Gasteiger partial charge in [0.15, 0.2) is 0 Å². The molecule has 0 bridgehead atoms. The average molecular weight is 237 g/mol. The maximum Gasteiger partial charge on any atom is 0.134 e. The summed E-state index contributed by atoms with van der Waals surface area (Å²) >= 11 is 0. The summed E-state index contributed by atoms with van der Waals surface area (Å²) in [5.74, 6) is 1.75. The minimum Gasteiger partial charge on any atom is -0.373 e. The van der Waals surface area contributed by atoms with Crippen LogP contribution in [0.25, 0.3) is 0 Å². The van der Waals surface area contributed by atoms with Gasteiger partial charge in [-0.1, -0.05) is 0 Å². The first-order valence-electron chi connectivity index (χ1n) is 5.79. The Bertz CT molecular complexity index is 373. The van der Waals surface area contributed by atoms with Crippen molar-refractivity contribution in [2.45, 2.75) is 26.3 Å². The molecule has 17 heavy (non-hydrogen) atoms. The van der Waals surface area contributed by atoms with Crippen molar-refractivity contribution < 1.29 is 0 Å². The van der Waals surface area contributed by atoms with Crippen molar-refractivity contribution in [1.82, 2.24) is 14.9 Å². The van der Waals surface area contributed by atoms with Crippen LogP contribution < -0.4 is 10.6 Å². The van der Waals surface area contributed by atoms with Crippen molar-refractivity contribution in [3.05, 3.63) is 11.9 Å². The van der Waals surface area contributed by atoms with Crippen LogP contribution in [0.1, 0.15) is 19.4 Å². The molecule has 5 nitrogen and oxygen atoms in total. The number of likely N-dealkylation sites (N-methyl/N-ethyl adjacent to an activating group) is 1. The van der Waals surface area contributed by atoms with Gasteiger partial charge in [0.25, 0.3) is 0 Å². The van der Waals surface area contributed by atoms with Crippen LogP contribution in [-0.2, 0) is 0 Å². The van der Waals surface area contributed by atoms with Crippen molar-refractivity contribution >= 4 is 11.6 Å². The maximum atomic E-state index is 4.27. The zero-order valence-electron chi connectivity index (χ0n) is 11.6. The maximum absolute atomic E-state index is 4.27. The number of aromatic nitrogens is 2. The Morgan fingerprint density at radius 3 is 2.35 bits per heavy atom. The van der Waals surface area contributed by atoms with Crippen molar-refractivity contribution in [2.24, 2.45) is 0 Å². The molecule has 2 N–H and O–H groups in total. The zero-order chi connectivity index (χ0) is 13.1. The Labute approximate surface area is 104 Å². The van der Waals surface area contributed by atoms with Crippen LogP contribution in [0, 0.1) is 6.92 Å². The van der Waals surface area contributed by atoms with Crippen LogP contribution in [-0.4, -0.2) is 48.1 Å². The quantitative estimate of drug-likeness (QED) is 0.814. The van der Waals surface area contributed by atoms with Crippen molar-refractivity contribution in [1.29, 1.82) is 0 Å². The first-order valence-corrected chi connectivity index (χ1v) is 5.79. The summed E-state index contributed by atoms with van der Waals surface area (Å²) in [5.41, 5.74) is 1.13. The van der Waals surface area contributed by atoms with Crippen LogP contribution in [0.4, 0.5) is 11.6 Å². The normalized spacial score (nSPS) is 11.7. The Morgan fingerprint density at radius 1 is 1.24 bits per heavy atom. The van der Waals surface area contributed by atoms with E-state index in [4.69, 9.17) is 0 Å². The Kier molecular flexibility index (Phi) is 4.28. The molecule has 0 amide bonds. The first kappa shape index (κ1) is 13.7. The van der Waals surface area contributed by atoms with Crippen LogP contribution in [0.2, 0.25) is 0 Å². The van der Waals surface area contributed by atoms with E-state index in [1.165, 1.54) is 0 Å². The third-order valence-electron chi connectivity index (χ3n) is 3.22. The summed E-state index contributed by atoms with van der Waals surface area (Å²) in [6, 6.07) is 0. The van der Waals surface area contributed by atoms with E-state index in [9.17, 15) is 0 Å². The van der Waals surface area contributed by atoms with Gasteiger partial charge in [-0.05, 0) is 34.9 Å². The lowest BCUT2D eigenvalue weighted by Gasteiger charge is -2.33. The van der Waals surface area contributed by atoms with E-state index in [-0.39, 0.29) is 5.54 Å². The molecule has 0 saturated heterocycles. The number of nitrogens with zero attached hydrogens (tertiary/aromatic N) is 3. The van der Waals surface area contributed by atoms with E-state index in [0.717, 1.165) is 23.7 Å². The standard InChI is InChI=1S/C12H23N5/c1-9-10(13-4)15-8-16-11(9)14-7-12(2,3)17(5)6/h8H,7H2,1-6H3,(H2,13,14,15,16). The minimum atomic E-state index is 0.0806. The molecule has 0 spiro atoms. The molecule has 0 fully saturated rings. The fourth-order valence-corrected chi connectivity index (χ4v) is 1.34. The largest absolute Gasteiger partial charge is 0.373 e. The lowest BCUT2D eigenvalue weighted by molar-refractivity contribution is 0.210. The molecule has 0 aliphatic heterocycles. The number of nitrogens with one attached hydrogen (secondary N) is 2.